The Kier molecular flexibility index (Phi) is 7.83. The van der Waals surface area contributed by atoms with E-state index in [0.29, 0.717) is 11.1 Å². The van der Waals surface area contributed by atoms with Crippen LogP contribution in [0.5, 0.6) is 11.6 Å². The molecule has 2 aromatic carbocycles. The van der Waals surface area contributed by atoms with Crippen LogP contribution in [0.15, 0.2) is 54.7 Å². The highest BCUT2D eigenvalue weighted by Gasteiger charge is 2.59. The van der Waals surface area contributed by atoms with E-state index in [1.165, 1.54) is 44.4 Å². The van der Waals surface area contributed by atoms with Crippen molar-refractivity contribution < 1.29 is 37.3 Å². The molecule has 0 fully saturated rings. The van der Waals surface area contributed by atoms with E-state index in [1.54, 1.807) is 12.1 Å². The average molecular weight is 530 g/mol. The number of benzene rings is 2. The smallest absolute Gasteiger partial charge is 0.481 e. The number of methoxy groups -OCH3 is 2. The highest BCUT2D eigenvalue weighted by Crippen LogP contribution is 2.50. The van der Waals surface area contributed by atoms with Crippen LogP contribution < -0.4 is 9.47 Å². The van der Waals surface area contributed by atoms with Gasteiger partial charge in [-0.2, -0.15) is 13.2 Å². The molecule has 2 unspecified atom stereocenters. The van der Waals surface area contributed by atoms with Gasteiger partial charge in [0.15, 0.2) is 11.4 Å². The molecule has 11 heteroatoms. The fourth-order valence-corrected chi connectivity index (χ4v) is 4.13. The Bertz CT molecular complexity index is 1220. The minimum Gasteiger partial charge on any atom is -0.481 e. The van der Waals surface area contributed by atoms with E-state index in [9.17, 15) is 23.1 Å². The van der Waals surface area contributed by atoms with Gasteiger partial charge in [-0.05, 0) is 41.0 Å². The average Bonchev–Trinajstić information content (AvgIpc) is 2.83. The normalized spacial score (nSPS) is 14.1. The van der Waals surface area contributed by atoms with Crippen LogP contribution in [0.1, 0.15) is 24.0 Å². The van der Waals surface area contributed by atoms with Crippen molar-refractivity contribution in [1.82, 2.24) is 4.98 Å². The van der Waals surface area contributed by atoms with Crippen LogP contribution in [-0.2, 0) is 10.3 Å². The van der Waals surface area contributed by atoms with Crippen molar-refractivity contribution in [1.29, 1.82) is 0 Å². The second-order valence-electron chi connectivity index (χ2n) is 7.51. The monoisotopic (exact) mass is 529 g/mol. The van der Waals surface area contributed by atoms with E-state index < -0.39 is 29.4 Å². The summed E-state index contributed by atoms with van der Waals surface area (Å²) in [5, 5.41) is 11.1. The highest BCUT2D eigenvalue weighted by molar-refractivity contribution is 6.32. The van der Waals surface area contributed by atoms with Crippen molar-refractivity contribution in [2.45, 2.75) is 24.6 Å². The number of rotatable bonds is 6. The summed E-state index contributed by atoms with van der Waals surface area (Å²) in [6.45, 7) is 1.23. The molecule has 0 saturated heterocycles. The maximum absolute atomic E-state index is 14.2. The summed E-state index contributed by atoms with van der Waals surface area (Å²) in [5.41, 5.74) is -2.54. The number of halogens is 5. The van der Waals surface area contributed by atoms with Crippen LogP contribution in [0.3, 0.4) is 0 Å². The van der Waals surface area contributed by atoms with E-state index in [1.807, 2.05) is 0 Å². The third kappa shape index (κ3) is 5.32. The Hall–Kier alpha value is -3.01. The Morgan fingerprint density at radius 2 is 1.63 bits per heavy atom. The molecule has 0 aliphatic carbocycles. The molecule has 6 nitrogen and oxygen atoms in total. The van der Waals surface area contributed by atoms with Gasteiger partial charge in [0.25, 0.3) is 0 Å². The molecule has 1 heterocycles. The zero-order valence-electron chi connectivity index (χ0n) is 18.7. The number of aromatic nitrogens is 1. The first-order valence-electron chi connectivity index (χ1n) is 10.1. The van der Waals surface area contributed by atoms with Crippen molar-refractivity contribution in [3.05, 3.63) is 75.9 Å². The number of ether oxygens (including phenoxy) is 3. The van der Waals surface area contributed by atoms with Crippen molar-refractivity contribution in [2.24, 2.45) is 0 Å². The second-order valence-corrected chi connectivity index (χ2v) is 8.33. The van der Waals surface area contributed by atoms with Gasteiger partial charge in [-0.1, -0.05) is 48.3 Å². The first kappa shape index (κ1) is 26.6. The number of hydrogen-bond donors (Lipinski definition) is 1. The van der Waals surface area contributed by atoms with Crippen LogP contribution in [0.4, 0.5) is 18.0 Å². The summed E-state index contributed by atoms with van der Waals surface area (Å²) in [6.07, 6.45) is -5.05. The molecular formula is C24H20Cl2F3NO5. The molecule has 1 aromatic heterocycles. The molecule has 0 bridgehead atoms. The summed E-state index contributed by atoms with van der Waals surface area (Å²) in [6, 6.07) is 11.3. The predicted molar refractivity (Wildman–Crippen MR) is 124 cm³/mol. The van der Waals surface area contributed by atoms with Gasteiger partial charge < -0.3 is 19.3 Å². The lowest BCUT2D eigenvalue weighted by Gasteiger charge is -2.36. The summed E-state index contributed by atoms with van der Waals surface area (Å²) < 4.78 is 56.7. The highest BCUT2D eigenvalue weighted by atomic mass is 35.5. The molecule has 0 saturated carbocycles. The first-order valence-corrected chi connectivity index (χ1v) is 10.8. The van der Waals surface area contributed by atoms with Gasteiger partial charge in [-0.3, -0.25) is 0 Å². The van der Waals surface area contributed by atoms with Crippen molar-refractivity contribution in [2.75, 3.05) is 14.2 Å². The predicted octanol–water partition coefficient (Wildman–Crippen LogP) is 6.76. The fourth-order valence-electron chi connectivity index (χ4n) is 3.56. The van der Waals surface area contributed by atoms with Gasteiger partial charge in [-0.15, -0.1) is 0 Å². The zero-order chi connectivity index (χ0) is 26.0. The van der Waals surface area contributed by atoms with Gasteiger partial charge in [0.1, 0.15) is 0 Å². The Labute approximate surface area is 209 Å². The number of carbonyl (C=O) groups excluding carboxylic acids is 1. The van der Waals surface area contributed by atoms with E-state index in [0.717, 1.165) is 19.4 Å². The Morgan fingerprint density at radius 1 is 1.00 bits per heavy atom. The van der Waals surface area contributed by atoms with Gasteiger partial charge in [0.2, 0.25) is 5.88 Å². The van der Waals surface area contributed by atoms with Gasteiger partial charge in [0, 0.05) is 28.8 Å². The molecule has 186 valence electrons. The zero-order valence-corrected chi connectivity index (χ0v) is 20.2. The number of hydrogen-bond acceptors (Lipinski definition) is 6. The fraction of sp³-hybridized carbons (Fsp3) is 0.250. The number of carbonyl (C=O) groups is 1. The van der Waals surface area contributed by atoms with Crippen molar-refractivity contribution >= 4 is 29.4 Å². The van der Waals surface area contributed by atoms with Crippen LogP contribution in [-0.4, -0.2) is 36.6 Å². The molecule has 0 spiro atoms. The molecule has 2 atom stereocenters. The number of alkyl halides is 3. The molecule has 35 heavy (non-hydrogen) atoms. The van der Waals surface area contributed by atoms with Crippen molar-refractivity contribution in [3.63, 3.8) is 0 Å². The molecule has 3 aromatic rings. The van der Waals surface area contributed by atoms with Crippen LogP contribution in [0.25, 0.3) is 11.1 Å². The van der Waals surface area contributed by atoms with E-state index in [-0.39, 0.29) is 27.2 Å². The van der Waals surface area contributed by atoms with Gasteiger partial charge >= 0.3 is 12.3 Å². The summed E-state index contributed by atoms with van der Waals surface area (Å²) in [5.74, 6) is -1.31. The minimum absolute atomic E-state index is 0.00477. The summed E-state index contributed by atoms with van der Waals surface area (Å²) in [4.78, 5) is 15.1. The van der Waals surface area contributed by atoms with Crippen LogP contribution >= 0.6 is 23.2 Å². The molecule has 0 aliphatic rings. The maximum Gasteiger partial charge on any atom is 0.513 e. The standard InChI is InChI=1S/C24H20Cl2F3NO5/c1-13(23(32,24(27,28)29)16-6-9-21(33-2)30-12-16)17-7-4-14(10-18(17)25)15-5-8-20(19(26)11-15)35-22(31)34-3/h4-13,32H,1-3H3. The van der Waals surface area contributed by atoms with E-state index >= 15 is 0 Å². The Morgan fingerprint density at radius 3 is 2.11 bits per heavy atom. The van der Waals surface area contributed by atoms with Crippen LogP contribution in [0, 0.1) is 0 Å². The minimum atomic E-state index is -5.03. The third-order valence-electron chi connectivity index (χ3n) is 5.54. The topological polar surface area (TPSA) is 77.9 Å². The van der Waals surface area contributed by atoms with E-state index in [2.05, 4.69) is 9.72 Å². The number of nitrogens with zero attached hydrogens (tertiary/aromatic N) is 1. The quantitative estimate of drug-likeness (QED) is 0.280. The Balaban J connectivity index is 1.98. The molecule has 0 aliphatic heterocycles. The molecule has 0 amide bonds. The lowest BCUT2D eigenvalue weighted by atomic mass is 9.78. The lowest BCUT2D eigenvalue weighted by Crippen LogP contribution is -2.46. The second kappa shape index (κ2) is 10.3. The van der Waals surface area contributed by atoms with Crippen molar-refractivity contribution in [3.8, 4) is 22.8 Å². The van der Waals surface area contributed by atoms with Gasteiger partial charge in [-0.25, -0.2) is 9.78 Å². The number of aliphatic hydroxyl groups is 1. The van der Waals surface area contributed by atoms with E-state index in [4.69, 9.17) is 32.7 Å². The largest absolute Gasteiger partial charge is 0.513 e. The van der Waals surface area contributed by atoms with Crippen LogP contribution in [0.2, 0.25) is 10.0 Å². The molecule has 1 N–H and O–H groups in total. The molecule has 0 radical (unpaired) electrons. The first-order chi connectivity index (χ1) is 16.4. The third-order valence-corrected chi connectivity index (χ3v) is 6.16. The summed E-state index contributed by atoms with van der Waals surface area (Å²) in [7, 11) is 2.48. The SMILES string of the molecule is COC(=O)Oc1ccc(-c2ccc(C(C)C(O)(c3ccc(OC)nc3)C(F)(F)F)c(Cl)c2)cc1Cl. The maximum atomic E-state index is 14.2. The molecule has 3 rings (SSSR count). The summed E-state index contributed by atoms with van der Waals surface area (Å²) >= 11 is 12.6. The van der Waals surface area contributed by atoms with Gasteiger partial charge in [0.05, 0.1) is 19.2 Å². The molecular weight excluding hydrogens is 510 g/mol. The lowest BCUT2D eigenvalue weighted by molar-refractivity contribution is -0.274. The number of pyridine rings is 1.